The standard InChI is InChI=1S/C14H24N2O/c1-4-17-14-8-5-7-13(11-14)12-15-9-6-10-16(2)3/h5,7-8,11,15H,4,6,9-10,12H2,1-3H3. The van der Waals surface area contributed by atoms with Crippen molar-refractivity contribution in [3.63, 3.8) is 0 Å². The van der Waals surface area contributed by atoms with E-state index in [0.29, 0.717) is 0 Å². The molecule has 0 heterocycles. The second-order valence-corrected chi connectivity index (χ2v) is 4.41. The van der Waals surface area contributed by atoms with E-state index in [1.165, 1.54) is 12.0 Å². The van der Waals surface area contributed by atoms with E-state index in [0.717, 1.165) is 32.0 Å². The number of nitrogens with one attached hydrogen (secondary N) is 1. The molecule has 0 aromatic heterocycles. The third kappa shape index (κ3) is 6.29. The lowest BCUT2D eigenvalue weighted by Crippen LogP contribution is -2.20. The number of hydrogen-bond donors (Lipinski definition) is 1. The zero-order chi connectivity index (χ0) is 12.5. The Morgan fingerprint density at radius 3 is 2.82 bits per heavy atom. The van der Waals surface area contributed by atoms with Gasteiger partial charge < -0.3 is 15.0 Å². The van der Waals surface area contributed by atoms with Crippen LogP contribution in [0.4, 0.5) is 0 Å². The van der Waals surface area contributed by atoms with E-state index in [2.05, 4.69) is 36.4 Å². The molecule has 3 heteroatoms. The van der Waals surface area contributed by atoms with Gasteiger partial charge in [-0.1, -0.05) is 12.1 Å². The molecule has 0 spiro atoms. The van der Waals surface area contributed by atoms with E-state index in [-0.39, 0.29) is 0 Å². The molecule has 0 amide bonds. The number of rotatable bonds is 8. The molecule has 0 atom stereocenters. The maximum absolute atomic E-state index is 5.47. The van der Waals surface area contributed by atoms with Crippen molar-refractivity contribution in [1.82, 2.24) is 10.2 Å². The molecule has 1 N–H and O–H groups in total. The second kappa shape index (κ2) is 8.09. The first-order chi connectivity index (χ1) is 8.22. The lowest BCUT2D eigenvalue weighted by Gasteiger charge is -2.10. The Balaban J connectivity index is 2.24. The predicted molar refractivity (Wildman–Crippen MR) is 72.5 cm³/mol. The molecule has 0 aliphatic rings. The van der Waals surface area contributed by atoms with Gasteiger partial charge in [0.1, 0.15) is 5.75 Å². The second-order valence-electron chi connectivity index (χ2n) is 4.41. The van der Waals surface area contributed by atoms with Crippen LogP contribution in [0.2, 0.25) is 0 Å². The summed E-state index contributed by atoms with van der Waals surface area (Å²) in [7, 11) is 4.21. The summed E-state index contributed by atoms with van der Waals surface area (Å²) in [6.07, 6.45) is 1.18. The summed E-state index contributed by atoms with van der Waals surface area (Å²) in [6.45, 7) is 5.82. The van der Waals surface area contributed by atoms with Crippen molar-refractivity contribution in [2.24, 2.45) is 0 Å². The van der Waals surface area contributed by atoms with Crippen molar-refractivity contribution in [3.8, 4) is 5.75 Å². The van der Waals surface area contributed by atoms with Crippen LogP contribution in [0, 0.1) is 0 Å². The van der Waals surface area contributed by atoms with Crippen molar-refractivity contribution >= 4 is 0 Å². The highest BCUT2D eigenvalue weighted by atomic mass is 16.5. The molecule has 0 bridgehead atoms. The Morgan fingerprint density at radius 2 is 2.12 bits per heavy atom. The van der Waals surface area contributed by atoms with Crippen LogP contribution in [-0.2, 0) is 6.54 Å². The van der Waals surface area contributed by atoms with Gasteiger partial charge in [0, 0.05) is 6.54 Å². The monoisotopic (exact) mass is 236 g/mol. The average Bonchev–Trinajstić information content (AvgIpc) is 2.29. The van der Waals surface area contributed by atoms with Crippen molar-refractivity contribution < 1.29 is 4.74 Å². The van der Waals surface area contributed by atoms with E-state index in [1.807, 2.05) is 19.1 Å². The first-order valence-corrected chi connectivity index (χ1v) is 6.29. The topological polar surface area (TPSA) is 24.5 Å². The molecule has 1 aromatic rings. The van der Waals surface area contributed by atoms with Crippen molar-refractivity contribution in [1.29, 1.82) is 0 Å². The molecule has 0 fully saturated rings. The van der Waals surface area contributed by atoms with Crippen molar-refractivity contribution in [3.05, 3.63) is 29.8 Å². The zero-order valence-electron chi connectivity index (χ0n) is 11.2. The van der Waals surface area contributed by atoms with Gasteiger partial charge in [-0.05, 0) is 58.2 Å². The van der Waals surface area contributed by atoms with Gasteiger partial charge in [-0.25, -0.2) is 0 Å². The van der Waals surface area contributed by atoms with Crippen LogP contribution in [0.3, 0.4) is 0 Å². The lowest BCUT2D eigenvalue weighted by molar-refractivity contribution is 0.340. The Bertz CT molecular complexity index is 313. The maximum Gasteiger partial charge on any atom is 0.119 e. The minimum atomic E-state index is 0.722. The summed E-state index contributed by atoms with van der Waals surface area (Å²) < 4.78 is 5.47. The van der Waals surface area contributed by atoms with E-state index >= 15 is 0 Å². The third-order valence-electron chi connectivity index (χ3n) is 2.50. The first-order valence-electron chi connectivity index (χ1n) is 6.29. The summed E-state index contributed by atoms with van der Waals surface area (Å²) in [5, 5.41) is 3.44. The molecule has 0 radical (unpaired) electrons. The smallest absolute Gasteiger partial charge is 0.119 e. The molecule has 96 valence electrons. The summed E-state index contributed by atoms with van der Waals surface area (Å²) in [5.41, 5.74) is 1.28. The van der Waals surface area contributed by atoms with E-state index in [4.69, 9.17) is 4.74 Å². The number of hydrogen-bond acceptors (Lipinski definition) is 3. The van der Waals surface area contributed by atoms with Gasteiger partial charge in [0.05, 0.1) is 6.61 Å². The van der Waals surface area contributed by atoms with Crippen LogP contribution < -0.4 is 10.1 Å². The van der Waals surface area contributed by atoms with Crippen LogP contribution in [0.25, 0.3) is 0 Å². The predicted octanol–water partition coefficient (Wildman–Crippen LogP) is 2.13. The maximum atomic E-state index is 5.47. The number of benzene rings is 1. The minimum absolute atomic E-state index is 0.722. The molecule has 1 rings (SSSR count). The summed E-state index contributed by atoms with van der Waals surface area (Å²) in [6, 6.07) is 8.27. The Hall–Kier alpha value is -1.06. The van der Waals surface area contributed by atoms with E-state index < -0.39 is 0 Å². The summed E-state index contributed by atoms with van der Waals surface area (Å²) >= 11 is 0. The molecule has 17 heavy (non-hydrogen) atoms. The van der Waals surface area contributed by atoms with Crippen LogP contribution >= 0.6 is 0 Å². The fourth-order valence-electron chi connectivity index (χ4n) is 1.66. The van der Waals surface area contributed by atoms with Gasteiger partial charge in [0.2, 0.25) is 0 Å². The summed E-state index contributed by atoms with van der Waals surface area (Å²) in [5.74, 6) is 0.958. The Labute approximate surface area is 105 Å². The molecular formula is C14H24N2O. The van der Waals surface area contributed by atoms with Gasteiger partial charge in [-0.3, -0.25) is 0 Å². The van der Waals surface area contributed by atoms with Gasteiger partial charge >= 0.3 is 0 Å². The molecule has 0 saturated heterocycles. The molecule has 0 aliphatic carbocycles. The highest BCUT2D eigenvalue weighted by Crippen LogP contribution is 2.12. The van der Waals surface area contributed by atoms with Gasteiger partial charge in [0.25, 0.3) is 0 Å². The van der Waals surface area contributed by atoms with E-state index in [1.54, 1.807) is 0 Å². The molecule has 3 nitrogen and oxygen atoms in total. The fraction of sp³-hybridized carbons (Fsp3) is 0.571. The van der Waals surface area contributed by atoms with Crippen LogP contribution in [0.5, 0.6) is 5.75 Å². The zero-order valence-corrected chi connectivity index (χ0v) is 11.2. The normalized spacial score (nSPS) is 10.8. The quantitative estimate of drug-likeness (QED) is 0.700. The van der Waals surface area contributed by atoms with Crippen molar-refractivity contribution in [2.75, 3.05) is 33.8 Å². The molecule has 0 unspecified atom stereocenters. The average molecular weight is 236 g/mol. The number of ether oxygens (including phenoxy) is 1. The molecule has 0 aliphatic heterocycles. The highest BCUT2D eigenvalue weighted by Gasteiger charge is 1.96. The molecule has 1 aromatic carbocycles. The minimum Gasteiger partial charge on any atom is -0.494 e. The molecule has 0 saturated carbocycles. The SMILES string of the molecule is CCOc1cccc(CNCCCN(C)C)c1. The van der Waals surface area contributed by atoms with Gasteiger partial charge in [-0.2, -0.15) is 0 Å². The Kier molecular flexibility index (Phi) is 6.67. The van der Waals surface area contributed by atoms with Crippen LogP contribution in [-0.4, -0.2) is 38.7 Å². The van der Waals surface area contributed by atoms with Crippen LogP contribution in [0.15, 0.2) is 24.3 Å². The number of nitrogens with zero attached hydrogens (tertiary/aromatic N) is 1. The van der Waals surface area contributed by atoms with Gasteiger partial charge in [-0.15, -0.1) is 0 Å². The fourth-order valence-corrected chi connectivity index (χ4v) is 1.66. The van der Waals surface area contributed by atoms with Gasteiger partial charge in [0.15, 0.2) is 0 Å². The first kappa shape index (κ1) is 14.0. The van der Waals surface area contributed by atoms with Crippen LogP contribution in [0.1, 0.15) is 18.9 Å². The van der Waals surface area contributed by atoms with Crippen molar-refractivity contribution in [2.45, 2.75) is 19.9 Å². The highest BCUT2D eigenvalue weighted by molar-refractivity contribution is 5.28. The summed E-state index contributed by atoms with van der Waals surface area (Å²) in [4.78, 5) is 2.21. The van der Waals surface area contributed by atoms with E-state index in [9.17, 15) is 0 Å². The lowest BCUT2D eigenvalue weighted by atomic mass is 10.2. The molecular weight excluding hydrogens is 212 g/mol. The third-order valence-corrected chi connectivity index (χ3v) is 2.50. The largest absolute Gasteiger partial charge is 0.494 e. The Morgan fingerprint density at radius 1 is 1.29 bits per heavy atom.